The second kappa shape index (κ2) is 7.78. The van der Waals surface area contributed by atoms with Crippen LogP contribution in [0.2, 0.25) is 0 Å². The first-order chi connectivity index (χ1) is 14.3. The van der Waals surface area contributed by atoms with Gasteiger partial charge in [0, 0.05) is 45.5 Å². The molecule has 3 aromatic rings. The first kappa shape index (κ1) is 18.0. The van der Waals surface area contributed by atoms with E-state index in [4.69, 9.17) is 9.72 Å². The SMILES string of the molecule is CN(c1ccnc(N2CCOCC2)n1)C1CCCN(c2ncnc3nc[nH]c23)C1. The van der Waals surface area contributed by atoms with E-state index in [0.29, 0.717) is 11.7 Å². The molecule has 1 unspecified atom stereocenters. The van der Waals surface area contributed by atoms with Gasteiger partial charge in [-0.3, -0.25) is 0 Å². The number of anilines is 3. The van der Waals surface area contributed by atoms with Crippen LogP contribution in [0.4, 0.5) is 17.6 Å². The Morgan fingerprint density at radius 2 is 2.00 bits per heavy atom. The molecule has 2 aliphatic rings. The Kier molecular flexibility index (Phi) is 4.84. The fraction of sp³-hybridized carbons (Fsp3) is 0.526. The predicted octanol–water partition coefficient (Wildman–Crippen LogP) is 1.08. The number of H-pyrrole nitrogens is 1. The van der Waals surface area contributed by atoms with E-state index < -0.39 is 0 Å². The lowest BCUT2D eigenvalue weighted by Crippen LogP contribution is -2.47. The first-order valence-electron chi connectivity index (χ1n) is 10.1. The smallest absolute Gasteiger partial charge is 0.227 e. The van der Waals surface area contributed by atoms with E-state index >= 15 is 0 Å². The van der Waals surface area contributed by atoms with Crippen LogP contribution in [0.3, 0.4) is 0 Å². The summed E-state index contributed by atoms with van der Waals surface area (Å²) in [7, 11) is 2.12. The van der Waals surface area contributed by atoms with Crippen molar-refractivity contribution >= 4 is 28.7 Å². The van der Waals surface area contributed by atoms with E-state index in [9.17, 15) is 0 Å². The molecule has 2 fully saturated rings. The van der Waals surface area contributed by atoms with Gasteiger partial charge < -0.3 is 24.4 Å². The highest BCUT2D eigenvalue weighted by atomic mass is 16.5. The number of morpholine rings is 1. The fourth-order valence-corrected chi connectivity index (χ4v) is 4.09. The van der Waals surface area contributed by atoms with Crippen LogP contribution in [0.5, 0.6) is 0 Å². The molecule has 5 rings (SSSR count). The minimum absolute atomic E-state index is 0.337. The summed E-state index contributed by atoms with van der Waals surface area (Å²) in [5.41, 5.74) is 1.60. The molecule has 0 bridgehead atoms. The number of fused-ring (bicyclic) bond motifs is 1. The van der Waals surface area contributed by atoms with Crippen LogP contribution in [-0.2, 0) is 4.74 Å². The molecule has 2 aliphatic heterocycles. The average molecular weight is 395 g/mol. The highest BCUT2D eigenvalue weighted by molar-refractivity contribution is 5.82. The number of nitrogens with one attached hydrogen (secondary N) is 1. The van der Waals surface area contributed by atoms with Crippen molar-refractivity contribution in [3.63, 3.8) is 0 Å². The molecular weight excluding hydrogens is 370 g/mol. The molecule has 1 N–H and O–H groups in total. The van der Waals surface area contributed by atoms with Gasteiger partial charge in [0.1, 0.15) is 17.7 Å². The number of likely N-dealkylation sites (N-methyl/N-ethyl adjacent to an activating group) is 1. The molecule has 152 valence electrons. The quantitative estimate of drug-likeness (QED) is 0.696. The Hall–Kier alpha value is -3.01. The second-order valence-corrected chi connectivity index (χ2v) is 7.47. The second-order valence-electron chi connectivity index (χ2n) is 7.47. The normalized spacial score (nSPS) is 20.2. The van der Waals surface area contributed by atoms with Crippen molar-refractivity contribution in [1.82, 2.24) is 29.9 Å². The van der Waals surface area contributed by atoms with Gasteiger partial charge in [-0.2, -0.15) is 4.98 Å². The van der Waals surface area contributed by atoms with Gasteiger partial charge in [-0.1, -0.05) is 0 Å². The van der Waals surface area contributed by atoms with E-state index in [2.05, 4.69) is 46.7 Å². The first-order valence-corrected chi connectivity index (χ1v) is 10.1. The predicted molar refractivity (Wildman–Crippen MR) is 110 cm³/mol. The van der Waals surface area contributed by atoms with Gasteiger partial charge >= 0.3 is 0 Å². The monoisotopic (exact) mass is 395 g/mol. The number of aromatic amines is 1. The number of ether oxygens (including phenoxy) is 1. The van der Waals surface area contributed by atoms with E-state index in [1.54, 1.807) is 12.7 Å². The van der Waals surface area contributed by atoms with Crippen LogP contribution in [0, 0.1) is 0 Å². The van der Waals surface area contributed by atoms with Gasteiger partial charge in [0.2, 0.25) is 5.95 Å². The zero-order chi connectivity index (χ0) is 19.6. The van der Waals surface area contributed by atoms with E-state index in [1.807, 2.05) is 12.3 Å². The lowest BCUT2D eigenvalue weighted by Gasteiger charge is -2.39. The molecule has 10 nitrogen and oxygen atoms in total. The number of hydrogen-bond acceptors (Lipinski definition) is 9. The summed E-state index contributed by atoms with van der Waals surface area (Å²) in [6.45, 7) is 4.96. The lowest BCUT2D eigenvalue weighted by molar-refractivity contribution is 0.122. The molecular formula is C19H25N9O. The Labute approximate surface area is 169 Å². The van der Waals surface area contributed by atoms with Crippen molar-refractivity contribution in [3.05, 3.63) is 24.9 Å². The number of rotatable bonds is 4. The summed E-state index contributed by atoms with van der Waals surface area (Å²) in [5, 5.41) is 0. The van der Waals surface area contributed by atoms with Crippen molar-refractivity contribution in [3.8, 4) is 0 Å². The van der Waals surface area contributed by atoms with Crippen molar-refractivity contribution in [2.75, 3.05) is 61.1 Å². The summed E-state index contributed by atoms with van der Waals surface area (Å²) in [4.78, 5) is 32.3. The highest BCUT2D eigenvalue weighted by Crippen LogP contribution is 2.27. The molecule has 3 aromatic heterocycles. The number of piperidine rings is 1. The minimum atomic E-state index is 0.337. The van der Waals surface area contributed by atoms with Crippen LogP contribution < -0.4 is 14.7 Å². The number of imidazole rings is 1. The van der Waals surface area contributed by atoms with Crippen molar-refractivity contribution < 1.29 is 4.74 Å². The van der Waals surface area contributed by atoms with Crippen LogP contribution in [0.1, 0.15) is 12.8 Å². The minimum Gasteiger partial charge on any atom is -0.378 e. The maximum Gasteiger partial charge on any atom is 0.227 e. The third-order valence-electron chi connectivity index (χ3n) is 5.73. The van der Waals surface area contributed by atoms with E-state index in [1.165, 1.54) is 0 Å². The summed E-state index contributed by atoms with van der Waals surface area (Å²) < 4.78 is 5.44. The molecule has 0 aromatic carbocycles. The average Bonchev–Trinajstić information content (AvgIpc) is 3.28. The maximum absolute atomic E-state index is 5.44. The van der Waals surface area contributed by atoms with Crippen LogP contribution >= 0.6 is 0 Å². The van der Waals surface area contributed by atoms with Crippen LogP contribution in [0.25, 0.3) is 11.2 Å². The maximum atomic E-state index is 5.44. The lowest BCUT2D eigenvalue weighted by atomic mass is 10.0. The molecule has 10 heteroatoms. The van der Waals surface area contributed by atoms with Gasteiger partial charge in [0.05, 0.1) is 19.5 Å². The standard InChI is InChI=1S/C19H25N9O/c1-26(15-4-5-20-19(25-15)27-7-9-29-10-8-27)14-3-2-6-28(11-14)18-16-17(22-12-21-16)23-13-24-18/h4-5,12-14H,2-3,6-11H2,1H3,(H,21,22,23,24). The molecule has 2 saturated heterocycles. The third kappa shape index (κ3) is 3.55. The molecule has 0 saturated carbocycles. The summed E-state index contributed by atoms with van der Waals surface area (Å²) >= 11 is 0. The number of nitrogens with zero attached hydrogens (tertiary/aromatic N) is 8. The summed E-state index contributed by atoms with van der Waals surface area (Å²) in [5.74, 6) is 2.64. The Morgan fingerprint density at radius 3 is 2.90 bits per heavy atom. The van der Waals surface area contributed by atoms with Crippen LogP contribution in [-0.4, -0.2) is 82.4 Å². The largest absolute Gasteiger partial charge is 0.378 e. The number of hydrogen-bond donors (Lipinski definition) is 1. The summed E-state index contributed by atoms with van der Waals surface area (Å²) in [6.07, 6.45) is 7.31. The molecule has 0 amide bonds. The fourth-order valence-electron chi connectivity index (χ4n) is 4.09. The van der Waals surface area contributed by atoms with Crippen molar-refractivity contribution in [2.24, 2.45) is 0 Å². The van der Waals surface area contributed by atoms with Crippen molar-refractivity contribution in [2.45, 2.75) is 18.9 Å². The summed E-state index contributed by atoms with van der Waals surface area (Å²) in [6, 6.07) is 2.32. The number of aromatic nitrogens is 6. The zero-order valence-corrected chi connectivity index (χ0v) is 16.5. The molecule has 0 radical (unpaired) electrons. The highest BCUT2D eigenvalue weighted by Gasteiger charge is 2.27. The van der Waals surface area contributed by atoms with Crippen LogP contribution in [0.15, 0.2) is 24.9 Å². The van der Waals surface area contributed by atoms with Crippen molar-refractivity contribution in [1.29, 1.82) is 0 Å². The van der Waals surface area contributed by atoms with Gasteiger partial charge in [0.25, 0.3) is 0 Å². The van der Waals surface area contributed by atoms with E-state index in [-0.39, 0.29) is 0 Å². The zero-order valence-electron chi connectivity index (χ0n) is 16.5. The van der Waals surface area contributed by atoms with Gasteiger partial charge in [-0.05, 0) is 18.9 Å². The van der Waals surface area contributed by atoms with Gasteiger partial charge in [-0.25, -0.2) is 19.9 Å². The Bertz CT molecular complexity index is 971. The Morgan fingerprint density at radius 1 is 1.10 bits per heavy atom. The van der Waals surface area contributed by atoms with Gasteiger partial charge in [-0.15, -0.1) is 0 Å². The Balaban J connectivity index is 1.35. The molecule has 1 atom stereocenters. The van der Waals surface area contributed by atoms with E-state index in [0.717, 1.165) is 75.3 Å². The third-order valence-corrected chi connectivity index (χ3v) is 5.73. The molecule has 29 heavy (non-hydrogen) atoms. The van der Waals surface area contributed by atoms with Gasteiger partial charge in [0.15, 0.2) is 11.5 Å². The molecule has 0 spiro atoms. The molecule has 0 aliphatic carbocycles. The molecule has 5 heterocycles. The topological polar surface area (TPSA) is 99.2 Å².